The molecule has 0 aromatic heterocycles. The van der Waals surface area contributed by atoms with Gasteiger partial charge < -0.3 is 25.8 Å². The first-order chi connectivity index (χ1) is 12.1. The second kappa shape index (κ2) is 8.06. The van der Waals surface area contributed by atoms with E-state index in [4.69, 9.17) is 15.2 Å². The van der Waals surface area contributed by atoms with Crippen LogP contribution in [0.25, 0.3) is 0 Å². The Labute approximate surface area is 146 Å². The highest BCUT2D eigenvalue weighted by Gasteiger charge is 2.21. The predicted molar refractivity (Wildman–Crippen MR) is 91.5 cm³/mol. The van der Waals surface area contributed by atoms with Crippen LogP contribution in [0.3, 0.4) is 0 Å². The number of urea groups is 1. The summed E-state index contributed by atoms with van der Waals surface area (Å²) < 4.78 is 11.0. The maximum atomic E-state index is 12.1. The zero-order valence-corrected chi connectivity index (χ0v) is 14.1. The number of carbonyl (C=O) groups is 2. The SMILES string of the molecule is NC(=O)CN1CCC(NC(=O)NCc2ccc3c(c2)OCCO3)CC1. The first-order valence-electron chi connectivity index (χ1n) is 8.54. The Morgan fingerprint density at radius 2 is 1.88 bits per heavy atom. The number of piperidine rings is 1. The summed E-state index contributed by atoms with van der Waals surface area (Å²) in [6.45, 7) is 3.32. The van der Waals surface area contributed by atoms with Gasteiger partial charge in [0.2, 0.25) is 5.91 Å². The lowest BCUT2D eigenvalue weighted by Crippen LogP contribution is -2.49. The molecule has 1 fully saturated rings. The molecule has 0 spiro atoms. The van der Waals surface area contributed by atoms with E-state index in [1.54, 1.807) is 0 Å². The number of nitrogens with one attached hydrogen (secondary N) is 2. The Hall–Kier alpha value is -2.48. The molecule has 2 heterocycles. The maximum absolute atomic E-state index is 12.1. The van der Waals surface area contributed by atoms with Gasteiger partial charge in [-0.05, 0) is 30.5 Å². The number of hydrogen-bond donors (Lipinski definition) is 3. The fourth-order valence-corrected chi connectivity index (χ4v) is 3.07. The van der Waals surface area contributed by atoms with Crippen LogP contribution in [0.2, 0.25) is 0 Å². The molecule has 3 rings (SSSR count). The third kappa shape index (κ3) is 4.99. The van der Waals surface area contributed by atoms with Crippen LogP contribution in [-0.2, 0) is 11.3 Å². The van der Waals surface area contributed by atoms with Crippen molar-refractivity contribution in [1.82, 2.24) is 15.5 Å². The van der Waals surface area contributed by atoms with E-state index in [9.17, 15) is 9.59 Å². The standard InChI is InChI=1S/C17H24N4O4/c18-16(22)11-21-5-3-13(4-6-21)20-17(23)19-10-12-1-2-14-15(9-12)25-8-7-24-14/h1-2,9,13H,3-8,10-11H2,(H2,18,22)(H2,19,20,23). The number of nitrogens with zero attached hydrogens (tertiary/aromatic N) is 1. The van der Waals surface area contributed by atoms with Gasteiger partial charge in [0.1, 0.15) is 13.2 Å². The summed E-state index contributed by atoms with van der Waals surface area (Å²) in [5.41, 5.74) is 6.15. The predicted octanol–water partition coefficient (Wildman–Crippen LogP) is 0.207. The lowest BCUT2D eigenvalue weighted by atomic mass is 10.1. The minimum Gasteiger partial charge on any atom is -0.486 e. The van der Waals surface area contributed by atoms with Crippen molar-refractivity contribution in [2.75, 3.05) is 32.8 Å². The van der Waals surface area contributed by atoms with E-state index in [-0.39, 0.29) is 24.5 Å². The largest absolute Gasteiger partial charge is 0.486 e. The maximum Gasteiger partial charge on any atom is 0.315 e. The third-order valence-electron chi connectivity index (χ3n) is 4.36. The monoisotopic (exact) mass is 348 g/mol. The molecule has 2 aliphatic heterocycles. The molecule has 2 aliphatic rings. The number of amides is 3. The second-order valence-electron chi connectivity index (χ2n) is 6.32. The minimum absolute atomic E-state index is 0.115. The Kier molecular flexibility index (Phi) is 5.60. The van der Waals surface area contributed by atoms with E-state index in [1.165, 1.54) is 0 Å². The molecule has 8 heteroatoms. The summed E-state index contributed by atoms with van der Waals surface area (Å²) in [5, 5.41) is 5.84. The summed E-state index contributed by atoms with van der Waals surface area (Å²) in [6, 6.07) is 5.58. The quantitative estimate of drug-likeness (QED) is 0.705. The Balaban J connectivity index is 1.41. The number of fused-ring (bicyclic) bond motifs is 1. The lowest BCUT2D eigenvalue weighted by molar-refractivity contribution is -0.119. The number of nitrogens with two attached hydrogens (primary N) is 1. The minimum atomic E-state index is -0.316. The average Bonchev–Trinajstić information content (AvgIpc) is 2.61. The number of rotatable bonds is 5. The molecular weight excluding hydrogens is 324 g/mol. The van der Waals surface area contributed by atoms with E-state index in [2.05, 4.69) is 10.6 Å². The molecule has 1 saturated heterocycles. The van der Waals surface area contributed by atoms with E-state index < -0.39 is 0 Å². The molecule has 4 N–H and O–H groups in total. The number of ether oxygens (including phenoxy) is 2. The summed E-state index contributed by atoms with van der Waals surface area (Å²) in [5.74, 6) is 1.14. The summed E-state index contributed by atoms with van der Waals surface area (Å²) in [6.07, 6.45) is 1.62. The normalized spacial score (nSPS) is 17.8. The van der Waals surface area contributed by atoms with E-state index in [0.29, 0.717) is 25.5 Å². The van der Waals surface area contributed by atoms with Crippen molar-refractivity contribution in [2.45, 2.75) is 25.4 Å². The lowest BCUT2D eigenvalue weighted by Gasteiger charge is -2.31. The van der Waals surface area contributed by atoms with Gasteiger partial charge in [0, 0.05) is 25.7 Å². The highest BCUT2D eigenvalue weighted by atomic mass is 16.6. The molecule has 0 atom stereocenters. The number of likely N-dealkylation sites (tertiary alicyclic amines) is 1. The number of benzene rings is 1. The first-order valence-corrected chi connectivity index (χ1v) is 8.54. The van der Waals surface area contributed by atoms with Crippen LogP contribution >= 0.6 is 0 Å². The summed E-state index contributed by atoms with van der Waals surface area (Å²) in [4.78, 5) is 25.0. The van der Waals surface area contributed by atoms with Crippen LogP contribution in [0.4, 0.5) is 4.79 Å². The van der Waals surface area contributed by atoms with E-state index in [1.807, 2.05) is 23.1 Å². The van der Waals surface area contributed by atoms with Crippen molar-refractivity contribution in [3.63, 3.8) is 0 Å². The molecule has 136 valence electrons. The van der Waals surface area contributed by atoms with Gasteiger partial charge in [-0.2, -0.15) is 0 Å². The fraction of sp³-hybridized carbons (Fsp3) is 0.529. The molecular formula is C17H24N4O4. The smallest absolute Gasteiger partial charge is 0.315 e. The van der Waals surface area contributed by atoms with Crippen LogP contribution in [0.5, 0.6) is 11.5 Å². The van der Waals surface area contributed by atoms with Gasteiger partial charge in [0.25, 0.3) is 0 Å². The molecule has 0 bridgehead atoms. The highest BCUT2D eigenvalue weighted by Crippen LogP contribution is 2.30. The summed E-state index contributed by atoms with van der Waals surface area (Å²) in [7, 11) is 0. The third-order valence-corrected chi connectivity index (χ3v) is 4.36. The van der Waals surface area contributed by atoms with Crippen molar-refractivity contribution in [1.29, 1.82) is 0 Å². The molecule has 1 aromatic rings. The van der Waals surface area contributed by atoms with Gasteiger partial charge in [0.05, 0.1) is 6.54 Å². The Morgan fingerprint density at radius 3 is 2.60 bits per heavy atom. The molecule has 0 aliphatic carbocycles. The van der Waals surface area contributed by atoms with Crippen LogP contribution in [0, 0.1) is 0 Å². The topological polar surface area (TPSA) is 106 Å². The Bertz CT molecular complexity index is 629. The van der Waals surface area contributed by atoms with E-state index >= 15 is 0 Å². The van der Waals surface area contributed by atoms with Crippen LogP contribution < -0.4 is 25.8 Å². The summed E-state index contributed by atoms with van der Waals surface area (Å²) >= 11 is 0. The fourth-order valence-electron chi connectivity index (χ4n) is 3.07. The van der Waals surface area contributed by atoms with Crippen molar-refractivity contribution < 1.29 is 19.1 Å². The van der Waals surface area contributed by atoms with Gasteiger partial charge in [-0.25, -0.2) is 4.79 Å². The highest BCUT2D eigenvalue weighted by molar-refractivity contribution is 5.76. The first kappa shape index (κ1) is 17.3. The van der Waals surface area contributed by atoms with Crippen LogP contribution in [-0.4, -0.2) is 55.7 Å². The molecule has 3 amide bonds. The van der Waals surface area contributed by atoms with Gasteiger partial charge in [-0.1, -0.05) is 6.07 Å². The number of hydrogen-bond acceptors (Lipinski definition) is 5. The number of primary amides is 1. The molecule has 1 aromatic carbocycles. The zero-order chi connectivity index (χ0) is 17.6. The molecule has 8 nitrogen and oxygen atoms in total. The van der Waals surface area contributed by atoms with Crippen LogP contribution in [0.1, 0.15) is 18.4 Å². The number of carbonyl (C=O) groups excluding carboxylic acids is 2. The van der Waals surface area contributed by atoms with Gasteiger partial charge in [-0.3, -0.25) is 9.69 Å². The van der Waals surface area contributed by atoms with Gasteiger partial charge in [-0.15, -0.1) is 0 Å². The zero-order valence-electron chi connectivity index (χ0n) is 14.1. The second-order valence-corrected chi connectivity index (χ2v) is 6.32. The average molecular weight is 348 g/mol. The van der Waals surface area contributed by atoms with Crippen molar-refractivity contribution in [2.24, 2.45) is 5.73 Å². The van der Waals surface area contributed by atoms with Gasteiger partial charge >= 0.3 is 6.03 Å². The van der Waals surface area contributed by atoms with Crippen LogP contribution in [0.15, 0.2) is 18.2 Å². The van der Waals surface area contributed by atoms with Gasteiger partial charge in [0.15, 0.2) is 11.5 Å². The molecule has 0 saturated carbocycles. The molecule has 25 heavy (non-hydrogen) atoms. The Morgan fingerprint density at radius 1 is 1.16 bits per heavy atom. The van der Waals surface area contributed by atoms with Crippen molar-refractivity contribution in [3.8, 4) is 11.5 Å². The van der Waals surface area contributed by atoms with Crippen molar-refractivity contribution >= 4 is 11.9 Å². The molecule has 0 unspecified atom stereocenters. The van der Waals surface area contributed by atoms with E-state index in [0.717, 1.165) is 37.2 Å². The van der Waals surface area contributed by atoms with Crippen molar-refractivity contribution in [3.05, 3.63) is 23.8 Å². The molecule has 0 radical (unpaired) electrons.